The molecule has 4 rings (SSSR count). The SMILES string of the molecule is COc1ccc(Nc2nccc(-c3ccc(C(=O)NCc4cccc(OC)c4)s3)n2)cc1. The first-order valence-corrected chi connectivity index (χ1v) is 10.7. The molecule has 8 heteroatoms. The summed E-state index contributed by atoms with van der Waals surface area (Å²) in [7, 11) is 3.25. The van der Waals surface area contributed by atoms with Crippen molar-refractivity contribution in [1.82, 2.24) is 15.3 Å². The fraction of sp³-hybridized carbons (Fsp3) is 0.125. The molecule has 0 radical (unpaired) electrons. The second-order valence-electron chi connectivity index (χ2n) is 6.82. The van der Waals surface area contributed by atoms with Gasteiger partial charge >= 0.3 is 0 Å². The number of carbonyl (C=O) groups excluding carboxylic acids is 1. The van der Waals surface area contributed by atoms with Gasteiger partial charge in [-0.05, 0) is 60.2 Å². The lowest BCUT2D eigenvalue weighted by atomic mass is 10.2. The average molecular weight is 447 g/mol. The Morgan fingerprint density at radius 2 is 1.78 bits per heavy atom. The number of nitrogens with zero attached hydrogens (tertiary/aromatic N) is 2. The van der Waals surface area contributed by atoms with Crippen molar-refractivity contribution in [2.24, 2.45) is 0 Å². The molecule has 2 aromatic carbocycles. The Balaban J connectivity index is 1.42. The van der Waals surface area contributed by atoms with Crippen molar-refractivity contribution in [3.63, 3.8) is 0 Å². The molecular formula is C24H22N4O3S. The van der Waals surface area contributed by atoms with E-state index in [1.165, 1.54) is 11.3 Å². The minimum atomic E-state index is -0.130. The van der Waals surface area contributed by atoms with Gasteiger partial charge in [-0.1, -0.05) is 12.1 Å². The number of ether oxygens (including phenoxy) is 2. The summed E-state index contributed by atoms with van der Waals surface area (Å²) in [5, 5.41) is 6.13. The highest BCUT2D eigenvalue weighted by Gasteiger charge is 2.12. The van der Waals surface area contributed by atoms with E-state index in [2.05, 4.69) is 20.6 Å². The molecule has 0 spiro atoms. The number of benzene rings is 2. The topological polar surface area (TPSA) is 85.4 Å². The predicted octanol–water partition coefficient (Wildman–Crippen LogP) is 4.90. The summed E-state index contributed by atoms with van der Waals surface area (Å²) < 4.78 is 10.4. The van der Waals surface area contributed by atoms with E-state index in [4.69, 9.17) is 9.47 Å². The molecule has 32 heavy (non-hydrogen) atoms. The number of anilines is 2. The standard InChI is InChI=1S/C24H22N4O3S/c1-30-18-8-6-17(7-9-18)27-24-25-13-12-20(28-24)21-10-11-22(32-21)23(29)26-15-16-4-3-5-19(14-16)31-2/h3-14H,15H2,1-2H3,(H,26,29)(H,25,27,28). The van der Waals surface area contributed by atoms with Crippen molar-refractivity contribution in [2.45, 2.75) is 6.54 Å². The normalized spacial score (nSPS) is 10.4. The molecule has 162 valence electrons. The quantitative estimate of drug-likeness (QED) is 0.401. The molecule has 1 amide bonds. The third-order valence-electron chi connectivity index (χ3n) is 4.67. The van der Waals surface area contributed by atoms with E-state index in [1.54, 1.807) is 26.5 Å². The maximum Gasteiger partial charge on any atom is 0.261 e. The average Bonchev–Trinajstić information content (AvgIpc) is 3.34. The number of hydrogen-bond donors (Lipinski definition) is 2. The third-order valence-corrected chi connectivity index (χ3v) is 5.78. The number of nitrogens with one attached hydrogen (secondary N) is 2. The summed E-state index contributed by atoms with van der Waals surface area (Å²) in [4.78, 5) is 23.0. The van der Waals surface area contributed by atoms with E-state index >= 15 is 0 Å². The van der Waals surface area contributed by atoms with Gasteiger partial charge in [-0.15, -0.1) is 11.3 Å². The molecule has 4 aromatic rings. The zero-order valence-corrected chi connectivity index (χ0v) is 18.5. The Labute approximate surface area is 190 Å². The molecule has 0 aliphatic heterocycles. The van der Waals surface area contributed by atoms with Gasteiger partial charge in [0.1, 0.15) is 11.5 Å². The molecular weight excluding hydrogens is 424 g/mol. The summed E-state index contributed by atoms with van der Waals surface area (Å²) in [5.41, 5.74) is 2.57. The maximum absolute atomic E-state index is 12.6. The van der Waals surface area contributed by atoms with Crippen LogP contribution in [0.15, 0.2) is 72.9 Å². The van der Waals surface area contributed by atoms with Crippen LogP contribution in [0.3, 0.4) is 0 Å². The van der Waals surface area contributed by atoms with Crippen molar-refractivity contribution in [2.75, 3.05) is 19.5 Å². The van der Waals surface area contributed by atoms with Crippen LogP contribution in [0, 0.1) is 0 Å². The number of methoxy groups -OCH3 is 2. The van der Waals surface area contributed by atoms with Gasteiger partial charge < -0.3 is 20.1 Å². The summed E-state index contributed by atoms with van der Waals surface area (Å²) in [6.45, 7) is 0.423. The first-order valence-electron chi connectivity index (χ1n) is 9.90. The number of rotatable bonds is 8. The van der Waals surface area contributed by atoms with Gasteiger partial charge in [0.2, 0.25) is 5.95 Å². The van der Waals surface area contributed by atoms with Crippen molar-refractivity contribution in [3.8, 4) is 22.1 Å². The van der Waals surface area contributed by atoms with E-state index in [0.29, 0.717) is 17.4 Å². The summed E-state index contributed by atoms with van der Waals surface area (Å²) in [6.07, 6.45) is 1.69. The molecule has 7 nitrogen and oxygen atoms in total. The number of hydrogen-bond acceptors (Lipinski definition) is 7. The van der Waals surface area contributed by atoms with Gasteiger partial charge in [0, 0.05) is 18.4 Å². The Morgan fingerprint density at radius 1 is 0.969 bits per heavy atom. The van der Waals surface area contributed by atoms with E-state index in [-0.39, 0.29) is 5.91 Å². The van der Waals surface area contributed by atoms with Crippen LogP contribution in [0.5, 0.6) is 11.5 Å². The van der Waals surface area contributed by atoms with Crippen LogP contribution in [0.1, 0.15) is 15.2 Å². The summed E-state index contributed by atoms with van der Waals surface area (Å²) in [5.74, 6) is 1.89. The molecule has 2 heterocycles. The Bertz CT molecular complexity index is 1210. The van der Waals surface area contributed by atoms with Gasteiger partial charge in [-0.25, -0.2) is 9.97 Å². The van der Waals surface area contributed by atoms with Gasteiger partial charge in [-0.3, -0.25) is 4.79 Å². The van der Waals surface area contributed by atoms with Crippen molar-refractivity contribution >= 4 is 28.9 Å². The molecule has 0 aliphatic carbocycles. The fourth-order valence-electron chi connectivity index (χ4n) is 3.01. The highest BCUT2D eigenvalue weighted by atomic mass is 32.1. The minimum Gasteiger partial charge on any atom is -0.497 e. The second-order valence-corrected chi connectivity index (χ2v) is 7.90. The lowest BCUT2D eigenvalue weighted by Crippen LogP contribution is -2.21. The van der Waals surface area contributed by atoms with Crippen molar-refractivity contribution in [1.29, 1.82) is 0 Å². The smallest absolute Gasteiger partial charge is 0.261 e. The highest BCUT2D eigenvalue weighted by Crippen LogP contribution is 2.28. The van der Waals surface area contributed by atoms with Gasteiger partial charge in [-0.2, -0.15) is 0 Å². The van der Waals surface area contributed by atoms with Gasteiger partial charge in [0.15, 0.2) is 0 Å². The molecule has 2 aromatic heterocycles. The first-order chi connectivity index (χ1) is 15.6. The summed E-state index contributed by atoms with van der Waals surface area (Å²) >= 11 is 1.39. The van der Waals surface area contributed by atoms with Crippen molar-refractivity contribution < 1.29 is 14.3 Å². The molecule has 0 unspecified atom stereocenters. The zero-order valence-electron chi connectivity index (χ0n) is 17.7. The van der Waals surface area contributed by atoms with E-state index in [9.17, 15) is 4.79 Å². The Hall–Kier alpha value is -3.91. The first kappa shape index (κ1) is 21.3. The largest absolute Gasteiger partial charge is 0.497 e. The monoisotopic (exact) mass is 446 g/mol. The number of amides is 1. The van der Waals surface area contributed by atoms with Crippen LogP contribution in [0.2, 0.25) is 0 Å². The number of aromatic nitrogens is 2. The van der Waals surface area contributed by atoms with Gasteiger partial charge in [0.25, 0.3) is 5.91 Å². The van der Waals surface area contributed by atoms with Crippen LogP contribution in [0.25, 0.3) is 10.6 Å². The fourth-order valence-corrected chi connectivity index (χ4v) is 3.90. The van der Waals surface area contributed by atoms with E-state index < -0.39 is 0 Å². The number of thiophene rings is 1. The molecule has 0 aliphatic rings. The summed E-state index contributed by atoms with van der Waals surface area (Å²) in [6, 6.07) is 20.7. The molecule has 0 saturated heterocycles. The van der Waals surface area contributed by atoms with Gasteiger partial charge in [0.05, 0.1) is 29.7 Å². The second kappa shape index (κ2) is 9.93. The van der Waals surface area contributed by atoms with Crippen LogP contribution >= 0.6 is 11.3 Å². The molecule has 0 fully saturated rings. The maximum atomic E-state index is 12.6. The van der Waals surface area contributed by atoms with E-state index in [1.807, 2.05) is 60.7 Å². The van der Waals surface area contributed by atoms with Crippen LogP contribution in [-0.4, -0.2) is 30.1 Å². The molecule has 2 N–H and O–H groups in total. The van der Waals surface area contributed by atoms with Crippen molar-refractivity contribution in [3.05, 3.63) is 83.4 Å². The van der Waals surface area contributed by atoms with E-state index in [0.717, 1.165) is 33.3 Å². The number of carbonyl (C=O) groups is 1. The van der Waals surface area contributed by atoms with Crippen LogP contribution < -0.4 is 20.1 Å². The Kier molecular flexibility index (Phi) is 6.62. The predicted molar refractivity (Wildman–Crippen MR) is 126 cm³/mol. The lowest BCUT2D eigenvalue weighted by Gasteiger charge is -2.07. The third kappa shape index (κ3) is 5.22. The molecule has 0 saturated carbocycles. The minimum absolute atomic E-state index is 0.130. The lowest BCUT2D eigenvalue weighted by molar-refractivity contribution is 0.0955. The van der Waals surface area contributed by atoms with Crippen LogP contribution in [-0.2, 0) is 6.54 Å². The Morgan fingerprint density at radius 3 is 2.56 bits per heavy atom. The van der Waals surface area contributed by atoms with Crippen LogP contribution in [0.4, 0.5) is 11.6 Å². The molecule has 0 atom stereocenters. The molecule has 0 bridgehead atoms. The zero-order chi connectivity index (χ0) is 22.3. The highest BCUT2D eigenvalue weighted by molar-refractivity contribution is 7.17.